The molecule has 0 atom stereocenters. The Hall–Kier alpha value is -2.67. The Morgan fingerprint density at radius 2 is 1.96 bits per heavy atom. The Morgan fingerprint density at radius 3 is 2.62 bits per heavy atom. The van der Waals surface area contributed by atoms with Crippen molar-refractivity contribution in [1.29, 1.82) is 0 Å². The van der Waals surface area contributed by atoms with E-state index in [4.69, 9.17) is 11.6 Å². The molecule has 2 aromatic rings. The van der Waals surface area contributed by atoms with Gasteiger partial charge in [-0.05, 0) is 19.1 Å². The van der Waals surface area contributed by atoms with Gasteiger partial charge in [0.25, 0.3) is 5.91 Å². The van der Waals surface area contributed by atoms with Crippen LogP contribution in [-0.4, -0.2) is 35.5 Å². The van der Waals surface area contributed by atoms with Crippen LogP contribution in [0.5, 0.6) is 0 Å². The van der Waals surface area contributed by atoms with Gasteiger partial charge in [0.2, 0.25) is 5.95 Å². The maximum atomic E-state index is 12.3. The summed E-state index contributed by atoms with van der Waals surface area (Å²) in [5.74, 6) is -0.589. The first-order chi connectivity index (χ1) is 11.5. The van der Waals surface area contributed by atoms with Crippen LogP contribution >= 0.6 is 11.6 Å². The van der Waals surface area contributed by atoms with Crippen molar-refractivity contribution in [3.8, 4) is 0 Å². The van der Waals surface area contributed by atoms with E-state index >= 15 is 0 Å². The second-order valence-electron chi connectivity index (χ2n) is 4.96. The van der Waals surface area contributed by atoms with Crippen molar-refractivity contribution in [2.24, 2.45) is 0 Å². The summed E-state index contributed by atoms with van der Waals surface area (Å²) in [6.07, 6.45) is 1.49. The predicted molar refractivity (Wildman–Crippen MR) is 91.3 cm³/mol. The smallest absolute Gasteiger partial charge is 0.307 e. The number of carbonyl (C=O) groups is 2. The van der Waals surface area contributed by atoms with Crippen LogP contribution in [0.1, 0.15) is 22.5 Å². The number of nitrogens with zero attached hydrogens (tertiary/aromatic N) is 2. The van der Waals surface area contributed by atoms with E-state index in [1.165, 1.54) is 13.3 Å². The molecular weight excluding hydrogens is 332 g/mol. The molecule has 0 spiro atoms. The number of esters is 1. The summed E-state index contributed by atoms with van der Waals surface area (Å²) in [6.45, 7) is 2.24. The fourth-order valence-electron chi connectivity index (χ4n) is 1.82. The average Bonchev–Trinajstić information content (AvgIpc) is 2.58. The highest BCUT2D eigenvalue weighted by Crippen LogP contribution is 2.17. The van der Waals surface area contributed by atoms with Crippen molar-refractivity contribution in [3.63, 3.8) is 0 Å². The number of anilines is 2. The fraction of sp³-hybridized carbons (Fsp3) is 0.250. The van der Waals surface area contributed by atoms with E-state index < -0.39 is 5.91 Å². The zero-order valence-electron chi connectivity index (χ0n) is 13.3. The van der Waals surface area contributed by atoms with E-state index in [1.54, 1.807) is 12.1 Å². The second-order valence-corrected chi connectivity index (χ2v) is 5.37. The monoisotopic (exact) mass is 348 g/mol. The van der Waals surface area contributed by atoms with Gasteiger partial charge in [0.1, 0.15) is 0 Å². The Balaban J connectivity index is 2.05. The topological polar surface area (TPSA) is 93.2 Å². The molecule has 2 rings (SSSR count). The van der Waals surface area contributed by atoms with Crippen LogP contribution in [0, 0.1) is 6.92 Å². The third kappa shape index (κ3) is 4.92. The van der Waals surface area contributed by atoms with Gasteiger partial charge in [-0.15, -0.1) is 0 Å². The summed E-state index contributed by atoms with van der Waals surface area (Å²) in [4.78, 5) is 31.4. The quantitative estimate of drug-likeness (QED) is 0.779. The van der Waals surface area contributed by atoms with Crippen molar-refractivity contribution >= 4 is 35.1 Å². The summed E-state index contributed by atoms with van der Waals surface area (Å²) in [6, 6.07) is 7.35. The van der Waals surface area contributed by atoms with Crippen molar-refractivity contribution in [3.05, 3.63) is 46.7 Å². The Kier molecular flexibility index (Phi) is 6.08. The Bertz CT molecular complexity index is 735. The Morgan fingerprint density at radius 1 is 1.25 bits per heavy atom. The lowest BCUT2D eigenvalue weighted by Crippen LogP contribution is -2.17. The van der Waals surface area contributed by atoms with Crippen LogP contribution in [0.4, 0.5) is 11.6 Å². The van der Waals surface area contributed by atoms with E-state index in [1.807, 2.05) is 19.1 Å². The third-order valence-corrected chi connectivity index (χ3v) is 3.39. The van der Waals surface area contributed by atoms with Gasteiger partial charge in [0.15, 0.2) is 5.69 Å². The number of nitrogens with one attached hydrogen (secondary N) is 2. The van der Waals surface area contributed by atoms with Crippen LogP contribution < -0.4 is 10.6 Å². The van der Waals surface area contributed by atoms with Crippen LogP contribution in [0.3, 0.4) is 0 Å². The highest BCUT2D eigenvalue weighted by molar-refractivity contribution is 6.34. The van der Waals surface area contributed by atoms with Gasteiger partial charge < -0.3 is 15.4 Å². The largest absolute Gasteiger partial charge is 0.469 e. The summed E-state index contributed by atoms with van der Waals surface area (Å²) in [7, 11) is 1.31. The van der Waals surface area contributed by atoms with Gasteiger partial charge >= 0.3 is 5.97 Å². The number of benzene rings is 1. The molecule has 0 aliphatic heterocycles. The number of ether oxygens (including phenoxy) is 1. The number of amides is 1. The number of aromatic nitrogens is 2. The molecule has 7 nitrogen and oxygen atoms in total. The van der Waals surface area contributed by atoms with E-state index in [0.29, 0.717) is 5.69 Å². The highest BCUT2D eigenvalue weighted by Gasteiger charge is 2.14. The van der Waals surface area contributed by atoms with Crippen LogP contribution in [0.2, 0.25) is 5.02 Å². The van der Waals surface area contributed by atoms with Crippen LogP contribution in [0.25, 0.3) is 0 Å². The molecule has 0 fully saturated rings. The third-order valence-electron chi connectivity index (χ3n) is 3.11. The molecule has 0 radical (unpaired) electrons. The number of halogens is 1. The molecule has 24 heavy (non-hydrogen) atoms. The minimum absolute atomic E-state index is 0.0489. The molecular formula is C16H17ClN4O3. The number of methoxy groups -OCH3 is 1. The zero-order chi connectivity index (χ0) is 17.5. The lowest BCUT2D eigenvalue weighted by atomic mass is 10.2. The maximum Gasteiger partial charge on any atom is 0.307 e. The molecule has 1 heterocycles. The number of rotatable bonds is 6. The van der Waals surface area contributed by atoms with Gasteiger partial charge in [-0.2, -0.15) is 0 Å². The van der Waals surface area contributed by atoms with Gasteiger partial charge in [-0.1, -0.05) is 29.3 Å². The molecule has 2 N–H and O–H groups in total. The lowest BCUT2D eigenvalue weighted by molar-refractivity contribution is -0.140. The first-order valence-corrected chi connectivity index (χ1v) is 7.58. The van der Waals surface area contributed by atoms with Crippen LogP contribution in [-0.2, 0) is 9.53 Å². The maximum absolute atomic E-state index is 12.3. The van der Waals surface area contributed by atoms with Gasteiger partial charge in [-0.25, -0.2) is 9.97 Å². The van der Waals surface area contributed by atoms with E-state index in [0.717, 1.165) is 5.56 Å². The molecule has 0 unspecified atom stereocenters. The SMILES string of the molecule is COC(=O)CCNc1ncc(Cl)c(C(=O)Nc2ccc(C)cc2)n1. The minimum atomic E-state index is -0.442. The number of aryl methyl sites for hydroxylation is 1. The molecule has 1 amide bonds. The average molecular weight is 349 g/mol. The molecule has 0 aliphatic carbocycles. The molecule has 0 saturated carbocycles. The van der Waals surface area contributed by atoms with Gasteiger partial charge in [0, 0.05) is 12.2 Å². The van der Waals surface area contributed by atoms with E-state index in [-0.39, 0.29) is 35.6 Å². The van der Waals surface area contributed by atoms with Gasteiger partial charge in [0.05, 0.1) is 24.8 Å². The highest BCUT2D eigenvalue weighted by atomic mass is 35.5. The molecule has 1 aromatic heterocycles. The van der Waals surface area contributed by atoms with Crippen molar-refractivity contribution in [2.75, 3.05) is 24.3 Å². The van der Waals surface area contributed by atoms with Crippen molar-refractivity contribution in [2.45, 2.75) is 13.3 Å². The van der Waals surface area contributed by atoms with Crippen molar-refractivity contribution < 1.29 is 14.3 Å². The summed E-state index contributed by atoms with van der Waals surface area (Å²) in [5.41, 5.74) is 1.78. The molecule has 1 aromatic carbocycles. The minimum Gasteiger partial charge on any atom is -0.469 e. The predicted octanol–water partition coefficient (Wildman–Crippen LogP) is 2.67. The van der Waals surface area contributed by atoms with Gasteiger partial charge in [-0.3, -0.25) is 9.59 Å². The molecule has 0 bridgehead atoms. The normalized spacial score (nSPS) is 10.1. The number of hydrogen-bond donors (Lipinski definition) is 2. The first-order valence-electron chi connectivity index (χ1n) is 7.21. The molecule has 126 valence electrons. The summed E-state index contributed by atoms with van der Waals surface area (Å²) < 4.78 is 4.54. The zero-order valence-corrected chi connectivity index (χ0v) is 14.1. The summed E-state index contributed by atoms with van der Waals surface area (Å²) >= 11 is 6.00. The number of carbonyl (C=O) groups excluding carboxylic acids is 2. The Labute approximate surface area is 144 Å². The molecule has 8 heteroatoms. The van der Waals surface area contributed by atoms with Crippen LogP contribution in [0.15, 0.2) is 30.5 Å². The molecule has 0 saturated heterocycles. The first kappa shape index (κ1) is 17.7. The summed E-state index contributed by atoms with van der Waals surface area (Å²) in [5, 5.41) is 5.70. The number of hydrogen-bond acceptors (Lipinski definition) is 6. The molecule has 0 aliphatic rings. The second kappa shape index (κ2) is 8.26. The van der Waals surface area contributed by atoms with E-state index in [9.17, 15) is 9.59 Å². The lowest BCUT2D eigenvalue weighted by Gasteiger charge is -2.09. The van der Waals surface area contributed by atoms with Crippen molar-refractivity contribution in [1.82, 2.24) is 9.97 Å². The standard InChI is InChI=1S/C16H17ClN4O3/c1-10-3-5-11(6-4-10)20-15(23)14-12(17)9-19-16(21-14)18-8-7-13(22)24-2/h3-6,9H,7-8H2,1-2H3,(H,20,23)(H,18,19,21). The van der Waals surface area contributed by atoms with E-state index in [2.05, 4.69) is 25.3 Å². The fourth-order valence-corrected chi connectivity index (χ4v) is 1.99.